The summed E-state index contributed by atoms with van der Waals surface area (Å²) < 4.78 is 0. The first-order valence-electron chi connectivity index (χ1n) is 5.44. The first-order valence-corrected chi connectivity index (χ1v) is 6.43. The fourth-order valence-electron chi connectivity index (χ4n) is 1.74. The molecule has 0 N–H and O–H groups in total. The highest BCUT2D eigenvalue weighted by atomic mass is 32.2. The molecule has 1 aliphatic heterocycles. The Hall–Kier alpha value is -0.170. The molecule has 80 valence electrons. The zero-order valence-corrected chi connectivity index (χ0v) is 10.9. The van der Waals surface area contributed by atoms with Crippen LogP contribution in [0.3, 0.4) is 0 Å². The van der Waals surface area contributed by atoms with Crippen LogP contribution in [0.5, 0.6) is 0 Å². The van der Waals surface area contributed by atoms with Crippen LogP contribution in [-0.4, -0.2) is 5.75 Å². The average molecular weight is 210 g/mol. The van der Waals surface area contributed by atoms with Gasteiger partial charge >= 0.3 is 0 Å². The lowest BCUT2D eigenvalue weighted by Crippen LogP contribution is -2.22. The molecule has 0 unspecified atom stereocenters. The SMILES string of the molecule is CC1=C(C(C)(C)C(C)C)CC=CCS1. The Bertz CT molecular complexity index is 256. The van der Waals surface area contributed by atoms with E-state index in [9.17, 15) is 0 Å². The van der Waals surface area contributed by atoms with E-state index in [2.05, 4.69) is 46.8 Å². The largest absolute Gasteiger partial charge is 0.127 e. The molecule has 0 spiro atoms. The van der Waals surface area contributed by atoms with Crippen LogP contribution in [0, 0.1) is 11.3 Å². The molecule has 0 radical (unpaired) electrons. The lowest BCUT2D eigenvalue weighted by Gasteiger charge is -2.33. The number of hydrogen-bond acceptors (Lipinski definition) is 1. The van der Waals surface area contributed by atoms with Gasteiger partial charge < -0.3 is 0 Å². The third-order valence-corrected chi connectivity index (χ3v) is 4.57. The lowest BCUT2D eigenvalue weighted by atomic mass is 9.73. The first-order chi connectivity index (χ1) is 6.46. The van der Waals surface area contributed by atoms with Crippen molar-refractivity contribution in [2.45, 2.75) is 41.0 Å². The van der Waals surface area contributed by atoms with Gasteiger partial charge in [0.25, 0.3) is 0 Å². The van der Waals surface area contributed by atoms with Gasteiger partial charge in [-0.1, -0.05) is 45.4 Å². The minimum atomic E-state index is 0.339. The maximum atomic E-state index is 2.37. The van der Waals surface area contributed by atoms with Crippen molar-refractivity contribution in [2.75, 3.05) is 5.75 Å². The van der Waals surface area contributed by atoms with Gasteiger partial charge in [0.2, 0.25) is 0 Å². The molecule has 0 aliphatic carbocycles. The number of hydrogen-bond donors (Lipinski definition) is 0. The van der Waals surface area contributed by atoms with Crippen LogP contribution >= 0.6 is 11.8 Å². The van der Waals surface area contributed by atoms with Crippen LogP contribution in [0.4, 0.5) is 0 Å². The van der Waals surface area contributed by atoms with E-state index in [0.29, 0.717) is 11.3 Å². The Kier molecular flexibility index (Phi) is 3.88. The summed E-state index contributed by atoms with van der Waals surface area (Å²) in [5.41, 5.74) is 1.97. The molecule has 0 saturated heterocycles. The predicted molar refractivity (Wildman–Crippen MR) is 67.5 cm³/mol. The summed E-state index contributed by atoms with van der Waals surface area (Å²) in [6, 6.07) is 0. The third-order valence-electron chi connectivity index (χ3n) is 3.53. The van der Waals surface area contributed by atoms with Crippen LogP contribution in [0.15, 0.2) is 22.6 Å². The number of rotatable bonds is 2. The van der Waals surface area contributed by atoms with Gasteiger partial charge in [0.1, 0.15) is 0 Å². The maximum Gasteiger partial charge on any atom is 0.0157 e. The molecule has 14 heavy (non-hydrogen) atoms. The van der Waals surface area contributed by atoms with Crippen LogP contribution in [0.1, 0.15) is 41.0 Å². The van der Waals surface area contributed by atoms with Gasteiger partial charge in [0.05, 0.1) is 0 Å². The van der Waals surface area contributed by atoms with Gasteiger partial charge in [-0.05, 0) is 29.6 Å². The van der Waals surface area contributed by atoms with Crippen molar-refractivity contribution in [3.8, 4) is 0 Å². The molecule has 0 nitrogen and oxygen atoms in total. The fraction of sp³-hybridized carbons (Fsp3) is 0.692. The molecule has 1 heteroatoms. The Morgan fingerprint density at radius 2 is 1.93 bits per heavy atom. The number of allylic oxidation sites excluding steroid dienone is 3. The van der Waals surface area contributed by atoms with E-state index in [1.807, 2.05) is 11.8 Å². The highest BCUT2D eigenvalue weighted by Gasteiger charge is 2.28. The predicted octanol–water partition coefficient (Wildman–Crippen LogP) is 4.64. The van der Waals surface area contributed by atoms with E-state index in [1.54, 1.807) is 5.57 Å². The number of thioether (sulfide) groups is 1. The molecule has 0 fully saturated rings. The highest BCUT2D eigenvalue weighted by molar-refractivity contribution is 8.03. The fourth-order valence-corrected chi connectivity index (χ4v) is 2.74. The topological polar surface area (TPSA) is 0 Å². The smallest absolute Gasteiger partial charge is 0.0157 e. The Morgan fingerprint density at radius 3 is 2.50 bits per heavy atom. The first kappa shape index (κ1) is 11.9. The molecule has 0 amide bonds. The lowest BCUT2D eigenvalue weighted by molar-refractivity contribution is 0.304. The summed E-state index contributed by atoms with van der Waals surface area (Å²) in [6.45, 7) is 11.7. The van der Waals surface area contributed by atoms with Gasteiger partial charge in [0, 0.05) is 5.75 Å². The van der Waals surface area contributed by atoms with E-state index >= 15 is 0 Å². The van der Waals surface area contributed by atoms with Gasteiger partial charge in [-0.3, -0.25) is 0 Å². The molecule has 0 bridgehead atoms. The minimum absolute atomic E-state index is 0.339. The quantitative estimate of drug-likeness (QED) is 0.599. The van der Waals surface area contributed by atoms with Gasteiger partial charge in [-0.2, -0.15) is 0 Å². The minimum Gasteiger partial charge on any atom is -0.127 e. The molecule has 1 heterocycles. The molecule has 0 aromatic rings. The van der Waals surface area contributed by atoms with Crippen molar-refractivity contribution in [1.82, 2.24) is 0 Å². The Labute approximate surface area is 92.9 Å². The molecule has 0 aromatic heterocycles. The van der Waals surface area contributed by atoms with Crippen molar-refractivity contribution in [2.24, 2.45) is 11.3 Å². The van der Waals surface area contributed by atoms with E-state index in [0.717, 1.165) is 12.2 Å². The Morgan fingerprint density at radius 1 is 1.29 bits per heavy atom. The van der Waals surface area contributed by atoms with Crippen molar-refractivity contribution in [3.05, 3.63) is 22.6 Å². The van der Waals surface area contributed by atoms with Gasteiger partial charge in [-0.15, -0.1) is 11.8 Å². The maximum absolute atomic E-state index is 2.37. The van der Waals surface area contributed by atoms with E-state index < -0.39 is 0 Å². The van der Waals surface area contributed by atoms with Crippen molar-refractivity contribution in [1.29, 1.82) is 0 Å². The van der Waals surface area contributed by atoms with E-state index in [-0.39, 0.29) is 0 Å². The van der Waals surface area contributed by atoms with Crippen LogP contribution in [0.2, 0.25) is 0 Å². The average Bonchev–Trinajstić information content (AvgIpc) is 2.29. The van der Waals surface area contributed by atoms with Crippen LogP contribution in [-0.2, 0) is 0 Å². The summed E-state index contributed by atoms with van der Waals surface area (Å²) in [7, 11) is 0. The monoisotopic (exact) mass is 210 g/mol. The zero-order valence-electron chi connectivity index (χ0n) is 10.1. The molecule has 1 rings (SSSR count). The van der Waals surface area contributed by atoms with E-state index in [1.165, 1.54) is 4.91 Å². The van der Waals surface area contributed by atoms with Crippen molar-refractivity contribution in [3.63, 3.8) is 0 Å². The molecule has 1 aliphatic rings. The molecule has 0 aromatic carbocycles. The summed E-state index contributed by atoms with van der Waals surface area (Å²) in [5, 5.41) is 0. The van der Waals surface area contributed by atoms with Crippen LogP contribution in [0.25, 0.3) is 0 Å². The third kappa shape index (κ3) is 2.44. The molecular formula is C13H22S. The summed E-state index contributed by atoms with van der Waals surface area (Å²) in [5.74, 6) is 1.85. The summed E-state index contributed by atoms with van der Waals surface area (Å²) in [6.07, 6.45) is 5.75. The van der Waals surface area contributed by atoms with Crippen LogP contribution < -0.4 is 0 Å². The highest BCUT2D eigenvalue weighted by Crippen LogP contribution is 2.42. The van der Waals surface area contributed by atoms with Gasteiger partial charge in [0.15, 0.2) is 0 Å². The second-order valence-electron chi connectivity index (χ2n) is 4.90. The molecule has 0 saturated carbocycles. The van der Waals surface area contributed by atoms with E-state index in [4.69, 9.17) is 0 Å². The zero-order chi connectivity index (χ0) is 10.8. The summed E-state index contributed by atoms with van der Waals surface area (Å²) >= 11 is 1.98. The Balaban J connectivity index is 2.98. The normalized spacial score (nSPS) is 19.0. The van der Waals surface area contributed by atoms with Gasteiger partial charge in [-0.25, -0.2) is 0 Å². The van der Waals surface area contributed by atoms with Crippen molar-refractivity contribution >= 4 is 11.8 Å². The summed E-state index contributed by atoms with van der Waals surface area (Å²) in [4.78, 5) is 1.54. The molecule has 0 atom stereocenters. The second kappa shape index (κ2) is 4.57. The molecular weight excluding hydrogens is 188 g/mol. The second-order valence-corrected chi connectivity index (χ2v) is 6.13. The van der Waals surface area contributed by atoms with Crippen molar-refractivity contribution < 1.29 is 0 Å². The standard InChI is InChI=1S/C13H22S/c1-10(2)13(4,5)12-8-6-7-9-14-11(12)3/h6-7,10H,8-9H2,1-5H3.